The lowest BCUT2D eigenvalue weighted by molar-refractivity contribution is -0.134. The van der Waals surface area contributed by atoms with Crippen molar-refractivity contribution in [1.29, 1.82) is 0 Å². The number of unbranched alkanes of at least 4 members (excludes halogenated alkanes) is 2. The number of nitrogens with one attached hydrogen (secondary N) is 1. The van der Waals surface area contributed by atoms with Crippen molar-refractivity contribution in [3.63, 3.8) is 0 Å². The van der Waals surface area contributed by atoms with Crippen LogP contribution in [0.4, 0.5) is 0 Å². The van der Waals surface area contributed by atoms with Gasteiger partial charge >= 0.3 is 0 Å². The van der Waals surface area contributed by atoms with Crippen molar-refractivity contribution in [3.8, 4) is 0 Å². The summed E-state index contributed by atoms with van der Waals surface area (Å²) in [4.78, 5) is 25.8. The zero-order chi connectivity index (χ0) is 18.4. The van der Waals surface area contributed by atoms with E-state index >= 15 is 0 Å². The van der Waals surface area contributed by atoms with Gasteiger partial charge in [-0.1, -0.05) is 36.8 Å². The van der Waals surface area contributed by atoms with Crippen LogP contribution < -0.4 is 5.32 Å². The van der Waals surface area contributed by atoms with Crippen LogP contribution in [0.15, 0.2) is 48.7 Å². The van der Waals surface area contributed by atoms with E-state index in [4.69, 9.17) is 0 Å². The number of hydrogen-bond acceptors (Lipinski definition) is 2. The molecule has 1 atom stereocenters. The molecule has 2 heterocycles. The van der Waals surface area contributed by atoms with E-state index in [9.17, 15) is 9.59 Å². The monoisotopic (exact) mass is 353 g/mol. The predicted molar refractivity (Wildman–Crippen MR) is 102 cm³/mol. The van der Waals surface area contributed by atoms with E-state index in [1.54, 1.807) is 0 Å². The SMILES string of the molecule is CC(=O)NCCCCCC(=O)N1CCn2cccc2C1c1ccccc1. The van der Waals surface area contributed by atoms with Crippen LogP contribution in [0.2, 0.25) is 0 Å². The first-order valence-electron chi connectivity index (χ1n) is 9.40. The first-order valence-corrected chi connectivity index (χ1v) is 9.40. The molecule has 2 aromatic rings. The minimum atomic E-state index is -0.00757. The molecular weight excluding hydrogens is 326 g/mol. The van der Waals surface area contributed by atoms with E-state index < -0.39 is 0 Å². The standard InChI is InChI=1S/C21H27N3O2/c1-17(25)22-13-7-3-6-12-20(26)24-16-15-23-14-8-11-19(23)21(24)18-9-4-2-5-10-18/h2,4-5,8-11,14,21H,3,6-7,12-13,15-16H2,1H3,(H,22,25). The van der Waals surface area contributed by atoms with Crippen molar-refractivity contribution in [1.82, 2.24) is 14.8 Å². The topological polar surface area (TPSA) is 54.3 Å². The summed E-state index contributed by atoms with van der Waals surface area (Å²) in [5, 5.41) is 2.80. The summed E-state index contributed by atoms with van der Waals surface area (Å²) in [6.45, 7) is 3.80. The van der Waals surface area contributed by atoms with Gasteiger partial charge in [0.15, 0.2) is 0 Å². The van der Waals surface area contributed by atoms with Crippen LogP contribution in [0.25, 0.3) is 0 Å². The Balaban J connectivity index is 1.62. The first-order chi connectivity index (χ1) is 12.7. The van der Waals surface area contributed by atoms with Gasteiger partial charge < -0.3 is 14.8 Å². The molecule has 1 aliphatic rings. The van der Waals surface area contributed by atoms with Crippen molar-refractivity contribution in [2.45, 2.75) is 45.2 Å². The van der Waals surface area contributed by atoms with Crippen molar-refractivity contribution >= 4 is 11.8 Å². The maximum absolute atomic E-state index is 12.9. The second-order valence-electron chi connectivity index (χ2n) is 6.82. The zero-order valence-electron chi connectivity index (χ0n) is 15.4. The van der Waals surface area contributed by atoms with Gasteiger partial charge in [0.1, 0.15) is 0 Å². The van der Waals surface area contributed by atoms with Gasteiger partial charge in [-0.05, 0) is 30.5 Å². The average molecular weight is 353 g/mol. The highest BCUT2D eigenvalue weighted by atomic mass is 16.2. The molecule has 1 aromatic carbocycles. The molecule has 1 aliphatic heterocycles. The summed E-state index contributed by atoms with van der Waals surface area (Å²) in [5.74, 6) is 0.217. The van der Waals surface area contributed by atoms with E-state index in [0.717, 1.165) is 37.9 Å². The molecule has 0 spiro atoms. The third-order valence-corrected chi connectivity index (χ3v) is 4.92. The Kier molecular flexibility index (Phi) is 6.10. The van der Waals surface area contributed by atoms with Gasteiger partial charge in [-0.2, -0.15) is 0 Å². The smallest absolute Gasteiger partial charge is 0.223 e. The third kappa shape index (κ3) is 4.34. The molecular formula is C21H27N3O2. The van der Waals surface area contributed by atoms with Crippen LogP contribution in [0.3, 0.4) is 0 Å². The summed E-state index contributed by atoms with van der Waals surface area (Å²) in [5.41, 5.74) is 2.34. The van der Waals surface area contributed by atoms with E-state index in [1.165, 1.54) is 12.6 Å². The Morgan fingerprint density at radius 3 is 2.62 bits per heavy atom. The molecule has 0 bridgehead atoms. The fraction of sp³-hybridized carbons (Fsp3) is 0.429. The molecule has 26 heavy (non-hydrogen) atoms. The molecule has 5 nitrogen and oxygen atoms in total. The maximum Gasteiger partial charge on any atom is 0.223 e. The van der Waals surface area contributed by atoms with Crippen molar-refractivity contribution in [2.75, 3.05) is 13.1 Å². The normalized spacial score (nSPS) is 16.2. The van der Waals surface area contributed by atoms with Gasteiger partial charge in [-0.3, -0.25) is 9.59 Å². The highest BCUT2D eigenvalue weighted by Crippen LogP contribution is 2.32. The number of benzene rings is 1. The molecule has 0 saturated heterocycles. The molecule has 1 N–H and O–H groups in total. The minimum absolute atomic E-state index is 0.00287. The minimum Gasteiger partial charge on any atom is -0.356 e. The number of carbonyl (C=O) groups is 2. The van der Waals surface area contributed by atoms with E-state index in [-0.39, 0.29) is 17.9 Å². The van der Waals surface area contributed by atoms with Crippen LogP contribution in [-0.2, 0) is 16.1 Å². The zero-order valence-corrected chi connectivity index (χ0v) is 15.4. The summed E-state index contributed by atoms with van der Waals surface area (Å²) in [7, 11) is 0. The second-order valence-corrected chi connectivity index (χ2v) is 6.82. The Bertz CT molecular complexity index is 739. The molecule has 0 saturated carbocycles. The predicted octanol–water partition coefficient (Wildman–Crippen LogP) is 3.12. The highest BCUT2D eigenvalue weighted by molar-refractivity contribution is 5.77. The number of carbonyl (C=O) groups excluding carboxylic acids is 2. The highest BCUT2D eigenvalue weighted by Gasteiger charge is 2.31. The van der Waals surface area contributed by atoms with E-state index in [0.29, 0.717) is 13.0 Å². The molecule has 0 aliphatic carbocycles. The fourth-order valence-corrected chi connectivity index (χ4v) is 3.62. The summed E-state index contributed by atoms with van der Waals surface area (Å²) in [6, 6.07) is 14.4. The average Bonchev–Trinajstić information content (AvgIpc) is 3.12. The Labute approximate surface area is 155 Å². The quantitative estimate of drug-likeness (QED) is 0.778. The summed E-state index contributed by atoms with van der Waals surface area (Å²) >= 11 is 0. The van der Waals surface area contributed by atoms with Gasteiger partial charge in [0.25, 0.3) is 0 Å². The van der Waals surface area contributed by atoms with Crippen molar-refractivity contribution in [3.05, 3.63) is 59.9 Å². The summed E-state index contributed by atoms with van der Waals surface area (Å²) in [6.07, 6.45) is 5.38. The number of hydrogen-bond donors (Lipinski definition) is 1. The van der Waals surface area contributed by atoms with Crippen molar-refractivity contribution in [2.24, 2.45) is 0 Å². The third-order valence-electron chi connectivity index (χ3n) is 4.92. The Morgan fingerprint density at radius 2 is 1.85 bits per heavy atom. The summed E-state index contributed by atoms with van der Waals surface area (Å²) < 4.78 is 2.24. The first kappa shape index (κ1) is 18.2. The molecule has 0 radical (unpaired) electrons. The van der Waals surface area contributed by atoms with Gasteiger partial charge in [-0.15, -0.1) is 0 Å². The van der Waals surface area contributed by atoms with Crippen LogP contribution in [0.5, 0.6) is 0 Å². The van der Waals surface area contributed by atoms with Gasteiger partial charge in [0, 0.05) is 44.9 Å². The number of amides is 2. The molecule has 2 amide bonds. The van der Waals surface area contributed by atoms with Gasteiger partial charge in [0.05, 0.1) is 6.04 Å². The lowest BCUT2D eigenvalue weighted by Crippen LogP contribution is -2.42. The molecule has 5 heteroatoms. The van der Waals surface area contributed by atoms with E-state index in [1.807, 2.05) is 23.1 Å². The second kappa shape index (κ2) is 8.70. The van der Waals surface area contributed by atoms with Crippen LogP contribution >= 0.6 is 0 Å². The fourth-order valence-electron chi connectivity index (χ4n) is 3.62. The Morgan fingerprint density at radius 1 is 1.04 bits per heavy atom. The number of rotatable bonds is 7. The number of nitrogens with zero attached hydrogens (tertiary/aromatic N) is 2. The largest absolute Gasteiger partial charge is 0.356 e. The number of aromatic nitrogens is 1. The van der Waals surface area contributed by atoms with Crippen LogP contribution in [0.1, 0.15) is 49.9 Å². The lowest BCUT2D eigenvalue weighted by Gasteiger charge is -2.37. The molecule has 1 unspecified atom stereocenters. The maximum atomic E-state index is 12.9. The molecule has 0 fully saturated rings. The Hall–Kier alpha value is -2.56. The van der Waals surface area contributed by atoms with Crippen LogP contribution in [0, 0.1) is 0 Å². The lowest BCUT2D eigenvalue weighted by atomic mass is 9.99. The number of fused-ring (bicyclic) bond motifs is 1. The van der Waals surface area contributed by atoms with Crippen molar-refractivity contribution < 1.29 is 9.59 Å². The molecule has 138 valence electrons. The van der Waals surface area contributed by atoms with Gasteiger partial charge in [-0.25, -0.2) is 0 Å². The molecule has 1 aromatic heterocycles. The van der Waals surface area contributed by atoms with E-state index in [2.05, 4.69) is 40.3 Å². The molecule has 3 rings (SSSR count). The van der Waals surface area contributed by atoms with Gasteiger partial charge in [0.2, 0.25) is 11.8 Å². The van der Waals surface area contributed by atoms with Crippen LogP contribution in [-0.4, -0.2) is 34.4 Å².